The van der Waals surface area contributed by atoms with Crippen molar-refractivity contribution in [2.24, 2.45) is 5.92 Å². The fourth-order valence-electron chi connectivity index (χ4n) is 2.30. The zero-order valence-corrected chi connectivity index (χ0v) is 17.6. The molecule has 140 valence electrons. The van der Waals surface area contributed by atoms with Gasteiger partial charge < -0.3 is 0 Å². The van der Waals surface area contributed by atoms with Gasteiger partial charge in [0.05, 0.1) is 0 Å². The molecule has 26 heavy (non-hydrogen) atoms. The van der Waals surface area contributed by atoms with E-state index in [1.807, 2.05) is 31.2 Å². The first kappa shape index (κ1) is 23.7. The zero-order chi connectivity index (χ0) is 20.3. The van der Waals surface area contributed by atoms with Crippen molar-refractivity contribution in [3.8, 4) is 0 Å². The molecule has 0 fully saturated rings. The van der Waals surface area contributed by atoms with Crippen molar-refractivity contribution in [1.29, 1.82) is 0 Å². The Bertz CT molecular complexity index is 780. The highest BCUT2D eigenvalue weighted by molar-refractivity contribution is 5.41. The van der Waals surface area contributed by atoms with Crippen LogP contribution in [-0.4, -0.2) is 0 Å². The van der Waals surface area contributed by atoms with Crippen LogP contribution in [0.25, 0.3) is 12.7 Å². The van der Waals surface area contributed by atoms with Crippen molar-refractivity contribution in [2.45, 2.75) is 47.5 Å². The van der Waals surface area contributed by atoms with E-state index in [9.17, 15) is 0 Å². The largest absolute Gasteiger partial charge is 0.0991 e. The summed E-state index contributed by atoms with van der Waals surface area (Å²) in [6.07, 6.45) is 9.75. The minimum absolute atomic E-state index is 0.535. The van der Waals surface area contributed by atoms with Gasteiger partial charge in [-0.2, -0.15) is 0 Å². The topological polar surface area (TPSA) is 0 Å². The molecule has 0 saturated carbocycles. The van der Waals surface area contributed by atoms with Crippen molar-refractivity contribution < 1.29 is 0 Å². The smallest absolute Gasteiger partial charge is 0.0155 e. The van der Waals surface area contributed by atoms with Crippen molar-refractivity contribution >= 4 is 12.7 Å². The van der Waals surface area contributed by atoms with Gasteiger partial charge in [-0.15, -0.1) is 0 Å². The third kappa shape index (κ3) is 8.16. The van der Waals surface area contributed by atoms with Gasteiger partial charge >= 0.3 is 0 Å². The molecule has 0 heterocycles. The number of rotatable bonds is 6. The molecule has 1 aromatic rings. The first-order chi connectivity index (χ1) is 12.1. The van der Waals surface area contributed by atoms with Gasteiger partial charge in [0, 0.05) is 0 Å². The molecule has 0 aliphatic carbocycles. The molecule has 0 heteroatoms. The Balaban J connectivity index is 0.000000481. The molecule has 0 nitrogen and oxygen atoms in total. The van der Waals surface area contributed by atoms with E-state index < -0.39 is 0 Å². The standard InChI is InChI=1S/C13H16.C13H20/c1-5-7-13-11(4)8-6-9-12(13)10(2)3;1-7-8-11(4)13(6)9-12(5)10(2)3/h5-10H,1,4H2,2-3H3;7-10H,1,6H2,2-5H3/b13-7+;11-8-,12-9+. The highest BCUT2D eigenvalue weighted by atomic mass is 14.0. The lowest BCUT2D eigenvalue weighted by atomic mass is 9.99. The Morgan fingerprint density at radius 1 is 1.00 bits per heavy atom. The van der Waals surface area contributed by atoms with Crippen LogP contribution in [0.3, 0.4) is 0 Å². The van der Waals surface area contributed by atoms with E-state index in [-0.39, 0.29) is 0 Å². The average Bonchev–Trinajstić information content (AvgIpc) is 2.57. The zero-order valence-electron chi connectivity index (χ0n) is 17.6. The van der Waals surface area contributed by atoms with E-state index in [2.05, 4.69) is 79.1 Å². The maximum atomic E-state index is 4.00. The fraction of sp³-hybridized carbons (Fsp3) is 0.308. The van der Waals surface area contributed by atoms with E-state index >= 15 is 0 Å². The molecule has 1 aromatic carbocycles. The van der Waals surface area contributed by atoms with Gasteiger partial charge in [0.1, 0.15) is 0 Å². The molecule has 0 radical (unpaired) electrons. The fourth-order valence-corrected chi connectivity index (χ4v) is 2.30. The van der Waals surface area contributed by atoms with Crippen LogP contribution in [0.15, 0.2) is 79.0 Å². The van der Waals surface area contributed by atoms with Crippen molar-refractivity contribution in [2.75, 3.05) is 0 Å². The lowest BCUT2D eigenvalue weighted by Gasteiger charge is -2.06. The summed E-state index contributed by atoms with van der Waals surface area (Å²) in [7, 11) is 0. The summed E-state index contributed by atoms with van der Waals surface area (Å²) in [6.45, 7) is 28.3. The second-order valence-electron chi connectivity index (χ2n) is 7.13. The van der Waals surface area contributed by atoms with E-state index in [1.165, 1.54) is 21.9 Å². The SMILES string of the molecule is C=C/C=C(/C)C(=C)/C=C(\C)C(C)C.C=C/C=c1/c(C(C)C)cccc1=C. The number of hydrogen-bond donors (Lipinski definition) is 0. The molecule has 0 N–H and O–H groups in total. The Kier molecular flexibility index (Phi) is 11.0. The predicted molar refractivity (Wildman–Crippen MR) is 122 cm³/mol. The summed E-state index contributed by atoms with van der Waals surface area (Å²) in [5.74, 6) is 1.13. The van der Waals surface area contributed by atoms with Gasteiger partial charge in [0.2, 0.25) is 0 Å². The van der Waals surface area contributed by atoms with E-state index in [1.54, 1.807) is 6.08 Å². The van der Waals surface area contributed by atoms with Crippen LogP contribution >= 0.6 is 0 Å². The highest BCUT2D eigenvalue weighted by Gasteiger charge is 1.99. The van der Waals surface area contributed by atoms with Crippen LogP contribution in [0.2, 0.25) is 0 Å². The van der Waals surface area contributed by atoms with Gasteiger partial charge in [0.15, 0.2) is 0 Å². The summed E-state index contributed by atoms with van der Waals surface area (Å²) in [5, 5.41) is 2.29. The van der Waals surface area contributed by atoms with Crippen LogP contribution in [0, 0.1) is 5.92 Å². The van der Waals surface area contributed by atoms with Gasteiger partial charge in [0.25, 0.3) is 0 Å². The van der Waals surface area contributed by atoms with Gasteiger partial charge in [-0.05, 0) is 52.8 Å². The molecular formula is C26H36. The maximum absolute atomic E-state index is 4.00. The quantitative estimate of drug-likeness (QED) is 0.517. The summed E-state index contributed by atoms with van der Waals surface area (Å²) < 4.78 is 0. The van der Waals surface area contributed by atoms with Gasteiger partial charge in [-0.25, -0.2) is 0 Å². The molecule has 0 atom stereocenters. The van der Waals surface area contributed by atoms with Gasteiger partial charge in [-0.3, -0.25) is 0 Å². The Morgan fingerprint density at radius 3 is 2.08 bits per heavy atom. The Morgan fingerprint density at radius 2 is 1.62 bits per heavy atom. The van der Waals surface area contributed by atoms with Crippen LogP contribution in [0.4, 0.5) is 0 Å². The second-order valence-corrected chi connectivity index (χ2v) is 7.13. The third-order valence-corrected chi connectivity index (χ3v) is 4.32. The molecule has 0 saturated heterocycles. The number of hydrogen-bond acceptors (Lipinski definition) is 0. The molecule has 1 rings (SSSR count). The minimum Gasteiger partial charge on any atom is -0.0991 e. The molecule has 0 spiro atoms. The van der Waals surface area contributed by atoms with Crippen molar-refractivity contribution in [3.05, 3.63) is 95.0 Å². The second kappa shape index (κ2) is 12.1. The van der Waals surface area contributed by atoms with Crippen LogP contribution in [0.1, 0.15) is 53.0 Å². The molecule has 0 aliphatic rings. The summed E-state index contributed by atoms with van der Waals surface area (Å²) in [5.41, 5.74) is 4.95. The van der Waals surface area contributed by atoms with E-state index in [0.717, 1.165) is 10.8 Å². The first-order valence-corrected chi connectivity index (χ1v) is 9.23. The predicted octanol–water partition coefficient (Wildman–Crippen LogP) is 6.46. The molecule has 0 aromatic heterocycles. The Labute approximate surface area is 161 Å². The van der Waals surface area contributed by atoms with Crippen molar-refractivity contribution in [3.63, 3.8) is 0 Å². The average molecular weight is 349 g/mol. The summed E-state index contributed by atoms with van der Waals surface area (Å²) >= 11 is 0. The first-order valence-electron chi connectivity index (χ1n) is 9.23. The molecular weight excluding hydrogens is 312 g/mol. The van der Waals surface area contributed by atoms with Crippen LogP contribution in [0.5, 0.6) is 0 Å². The summed E-state index contributed by atoms with van der Waals surface area (Å²) in [4.78, 5) is 0. The lowest BCUT2D eigenvalue weighted by molar-refractivity contribution is 0.768. The number of benzene rings is 1. The summed E-state index contributed by atoms with van der Waals surface area (Å²) in [6, 6.07) is 6.23. The lowest BCUT2D eigenvalue weighted by Crippen LogP contribution is -2.27. The van der Waals surface area contributed by atoms with Gasteiger partial charge in [-0.1, -0.05) is 108 Å². The van der Waals surface area contributed by atoms with E-state index in [4.69, 9.17) is 0 Å². The van der Waals surface area contributed by atoms with Crippen LogP contribution < -0.4 is 10.4 Å². The molecule has 0 unspecified atom stereocenters. The number of allylic oxidation sites excluding steroid dienone is 7. The third-order valence-electron chi connectivity index (χ3n) is 4.32. The van der Waals surface area contributed by atoms with E-state index in [0.29, 0.717) is 11.8 Å². The normalized spacial score (nSPS) is 12.7. The van der Waals surface area contributed by atoms with Crippen molar-refractivity contribution in [1.82, 2.24) is 0 Å². The molecule has 0 amide bonds. The monoisotopic (exact) mass is 348 g/mol. The van der Waals surface area contributed by atoms with Crippen LogP contribution in [-0.2, 0) is 0 Å². The highest BCUT2D eigenvalue weighted by Crippen LogP contribution is 2.15. The Hall–Kier alpha value is -2.34. The molecule has 0 aliphatic heterocycles. The minimum atomic E-state index is 0.535. The molecule has 0 bridgehead atoms. The maximum Gasteiger partial charge on any atom is -0.0155 e.